The highest BCUT2D eigenvalue weighted by atomic mass is 15.3. The Morgan fingerprint density at radius 1 is 0.882 bits per heavy atom. The normalized spacial score (nSPS) is 16.1. The van der Waals surface area contributed by atoms with Crippen LogP contribution in [0.4, 0.5) is 5.95 Å². The van der Waals surface area contributed by atoms with Crippen LogP contribution in [0.3, 0.4) is 0 Å². The topological polar surface area (TPSA) is 35.5 Å². The Kier molecular flexibility index (Phi) is 6.84. The molecule has 1 fully saturated rings. The maximum Gasteiger partial charge on any atom is 0.225 e. The summed E-state index contributed by atoms with van der Waals surface area (Å²) in [5.41, 5.74) is 3.48. The molecule has 1 unspecified atom stereocenters. The van der Waals surface area contributed by atoms with Crippen LogP contribution in [0, 0.1) is 0 Å². The van der Waals surface area contributed by atoms with Crippen molar-refractivity contribution in [2.45, 2.75) is 19.0 Å². The van der Waals surface area contributed by atoms with E-state index in [2.05, 4.69) is 107 Å². The maximum atomic E-state index is 4.93. The van der Waals surface area contributed by atoms with Gasteiger partial charge in [0, 0.05) is 50.5 Å². The number of likely N-dealkylation sites (N-methyl/N-ethyl adjacent to an activating group) is 2. The van der Waals surface area contributed by atoms with E-state index >= 15 is 0 Å². The molecule has 0 bridgehead atoms. The Morgan fingerprint density at radius 3 is 2.53 bits per heavy atom. The summed E-state index contributed by atoms with van der Waals surface area (Å²) in [5.74, 6) is 0.836. The van der Waals surface area contributed by atoms with Gasteiger partial charge in [0.1, 0.15) is 0 Å². The Balaban J connectivity index is 1.19. The molecular weight excluding hydrogens is 418 g/mol. The predicted octanol–water partition coefficient (Wildman–Crippen LogP) is 4.94. The first-order valence-corrected chi connectivity index (χ1v) is 12.2. The van der Waals surface area contributed by atoms with Crippen molar-refractivity contribution >= 4 is 16.7 Å². The van der Waals surface area contributed by atoms with Crippen LogP contribution < -0.4 is 4.90 Å². The zero-order valence-corrected chi connectivity index (χ0v) is 20.1. The average Bonchev–Trinajstić information content (AvgIpc) is 3.38. The predicted molar refractivity (Wildman–Crippen MR) is 141 cm³/mol. The molecule has 5 rings (SSSR count). The average molecular weight is 452 g/mol. The third-order valence-corrected chi connectivity index (χ3v) is 6.89. The van der Waals surface area contributed by atoms with Crippen LogP contribution >= 0.6 is 0 Å². The summed E-state index contributed by atoms with van der Waals surface area (Å²) in [4.78, 5) is 16.8. The first kappa shape index (κ1) is 22.5. The summed E-state index contributed by atoms with van der Waals surface area (Å²) in [6.07, 6.45) is 3.03. The number of benzene rings is 3. The van der Waals surface area contributed by atoms with E-state index in [0.717, 1.165) is 56.4 Å². The molecule has 5 heteroatoms. The second kappa shape index (κ2) is 10.3. The third-order valence-electron chi connectivity index (χ3n) is 6.89. The van der Waals surface area contributed by atoms with Gasteiger partial charge in [0.15, 0.2) is 0 Å². The minimum atomic E-state index is 0.526. The first-order chi connectivity index (χ1) is 16.7. The number of anilines is 1. The molecular formula is C29H33N5. The van der Waals surface area contributed by atoms with Crippen molar-refractivity contribution in [1.82, 2.24) is 19.8 Å². The van der Waals surface area contributed by atoms with Gasteiger partial charge in [0.25, 0.3) is 0 Å². The zero-order chi connectivity index (χ0) is 23.3. The number of rotatable bonds is 8. The lowest BCUT2D eigenvalue weighted by Gasteiger charge is -2.27. The Hall–Kier alpha value is -3.28. The summed E-state index contributed by atoms with van der Waals surface area (Å²) in [5, 5.41) is 2.49. The van der Waals surface area contributed by atoms with Crippen molar-refractivity contribution in [1.29, 1.82) is 0 Å². The minimum Gasteiger partial charge on any atom is -0.339 e. The zero-order valence-electron chi connectivity index (χ0n) is 20.1. The molecule has 3 aromatic carbocycles. The lowest BCUT2D eigenvalue weighted by molar-refractivity contribution is 0.212. The van der Waals surface area contributed by atoms with Gasteiger partial charge in [-0.3, -0.25) is 0 Å². The van der Waals surface area contributed by atoms with Gasteiger partial charge in [-0.1, -0.05) is 66.7 Å². The third kappa shape index (κ3) is 5.27. The van der Waals surface area contributed by atoms with Crippen LogP contribution in [0.5, 0.6) is 0 Å². The molecule has 0 aliphatic carbocycles. The molecule has 1 atom stereocenters. The fraction of sp³-hybridized carbons (Fsp3) is 0.310. The molecule has 174 valence electrons. The molecule has 1 aliphatic rings. The van der Waals surface area contributed by atoms with Gasteiger partial charge in [0.2, 0.25) is 5.95 Å². The van der Waals surface area contributed by atoms with Crippen LogP contribution in [0.15, 0.2) is 85.1 Å². The summed E-state index contributed by atoms with van der Waals surface area (Å²) in [7, 11) is 4.45. The molecule has 4 aromatic rings. The highest BCUT2D eigenvalue weighted by Gasteiger charge is 2.27. The molecule has 1 aromatic heterocycles. The Labute approximate surface area is 202 Å². The van der Waals surface area contributed by atoms with Gasteiger partial charge in [-0.2, -0.15) is 0 Å². The number of fused-ring (bicyclic) bond motifs is 1. The van der Waals surface area contributed by atoms with Crippen molar-refractivity contribution in [3.05, 3.63) is 90.6 Å². The molecule has 0 amide bonds. The summed E-state index contributed by atoms with van der Waals surface area (Å²) >= 11 is 0. The second-order valence-electron chi connectivity index (χ2n) is 9.40. The summed E-state index contributed by atoms with van der Waals surface area (Å²) in [6.45, 7) is 5.06. The van der Waals surface area contributed by atoms with E-state index in [-0.39, 0.29) is 0 Å². The maximum absolute atomic E-state index is 4.93. The number of hydrogen-bond acceptors (Lipinski definition) is 5. The molecule has 1 aliphatic heterocycles. The van der Waals surface area contributed by atoms with Crippen molar-refractivity contribution < 1.29 is 0 Å². The van der Waals surface area contributed by atoms with E-state index in [1.165, 1.54) is 16.3 Å². The highest BCUT2D eigenvalue weighted by Crippen LogP contribution is 2.25. The fourth-order valence-electron chi connectivity index (χ4n) is 4.78. The van der Waals surface area contributed by atoms with Crippen molar-refractivity contribution in [2.75, 3.05) is 45.2 Å². The lowest BCUT2D eigenvalue weighted by atomic mass is 10.1. The molecule has 0 radical (unpaired) electrons. The molecule has 5 nitrogen and oxygen atoms in total. The van der Waals surface area contributed by atoms with Gasteiger partial charge in [-0.05, 0) is 49.0 Å². The standard InChI is InChI=1S/C29H33N5/c1-32(21-23-8-4-3-5-9-23)18-19-33(2)27-15-17-34(22-27)29-30-16-14-28(31-29)26-13-12-24-10-6-7-11-25(24)20-26/h3-14,16,20,27H,15,17-19,21-22H2,1-2H3. The van der Waals surface area contributed by atoms with E-state index in [1.807, 2.05) is 12.3 Å². The van der Waals surface area contributed by atoms with E-state index < -0.39 is 0 Å². The molecule has 1 saturated heterocycles. The number of aromatic nitrogens is 2. The van der Waals surface area contributed by atoms with Gasteiger partial charge in [-0.25, -0.2) is 9.97 Å². The number of hydrogen-bond donors (Lipinski definition) is 0. The van der Waals surface area contributed by atoms with Crippen molar-refractivity contribution in [3.63, 3.8) is 0 Å². The minimum absolute atomic E-state index is 0.526. The van der Waals surface area contributed by atoms with Crippen LogP contribution in [-0.4, -0.2) is 66.1 Å². The van der Waals surface area contributed by atoms with Crippen molar-refractivity contribution in [2.24, 2.45) is 0 Å². The van der Waals surface area contributed by atoms with Gasteiger partial charge in [-0.15, -0.1) is 0 Å². The largest absolute Gasteiger partial charge is 0.339 e. The van der Waals surface area contributed by atoms with Crippen LogP contribution in [0.25, 0.3) is 22.0 Å². The van der Waals surface area contributed by atoms with Crippen LogP contribution in [0.1, 0.15) is 12.0 Å². The fourth-order valence-corrected chi connectivity index (χ4v) is 4.78. The van der Waals surface area contributed by atoms with E-state index in [9.17, 15) is 0 Å². The van der Waals surface area contributed by atoms with Gasteiger partial charge >= 0.3 is 0 Å². The Bertz CT molecular complexity index is 1230. The van der Waals surface area contributed by atoms with E-state index in [1.54, 1.807) is 0 Å². The molecule has 34 heavy (non-hydrogen) atoms. The van der Waals surface area contributed by atoms with E-state index in [4.69, 9.17) is 4.98 Å². The van der Waals surface area contributed by atoms with Gasteiger partial charge < -0.3 is 14.7 Å². The molecule has 0 saturated carbocycles. The SMILES string of the molecule is CN(CCN(C)C1CCN(c2nccc(-c3ccc4ccccc4c3)n2)C1)Cc1ccccc1. The molecule has 0 spiro atoms. The summed E-state index contributed by atoms with van der Waals surface area (Å²) < 4.78 is 0. The summed E-state index contributed by atoms with van der Waals surface area (Å²) in [6, 6.07) is 28.2. The molecule has 0 N–H and O–H groups in total. The highest BCUT2D eigenvalue weighted by molar-refractivity contribution is 5.86. The lowest BCUT2D eigenvalue weighted by Crippen LogP contribution is -2.39. The molecule has 2 heterocycles. The first-order valence-electron chi connectivity index (χ1n) is 12.2. The second-order valence-corrected chi connectivity index (χ2v) is 9.40. The smallest absolute Gasteiger partial charge is 0.225 e. The van der Waals surface area contributed by atoms with Crippen LogP contribution in [0.2, 0.25) is 0 Å². The van der Waals surface area contributed by atoms with Gasteiger partial charge in [0.05, 0.1) is 5.69 Å². The Morgan fingerprint density at radius 2 is 1.68 bits per heavy atom. The van der Waals surface area contributed by atoms with Crippen molar-refractivity contribution in [3.8, 4) is 11.3 Å². The van der Waals surface area contributed by atoms with Crippen LogP contribution in [-0.2, 0) is 6.54 Å². The number of nitrogens with zero attached hydrogens (tertiary/aromatic N) is 5. The quantitative estimate of drug-likeness (QED) is 0.379. The monoisotopic (exact) mass is 451 g/mol. The van der Waals surface area contributed by atoms with E-state index in [0.29, 0.717) is 6.04 Å².